The van der Waals surface area contributed by atoms with Crippen LogP contribution in [0.4, 0.5) is 0 Å². The van der Waals surface area contributed by atoms with Gasteiger partial charge in [0.2, 0.25) is 5.91 Å². The second kappa shape index (κ2) is 6.91. The van der Waals surface area contributed by atoms with Crippen LogP contribution >= 0.6 is 0 Å². The first-order chi connectivity index (χ1) is 8.17. The van der Waals surface area contributed by atoms with E-state index in [4.69, 9.17) is 9.84 Å². The summed E-state index contributed by atoms with van der Waals surface area (Å²) >= 11 is 0. The third-order valence-corrected chi connectivity index (χ3v) is 2.62. The van der Waals surface area contributed by atoms with Crippen molar-refractivity contribution >= 4 is 5.91 Å². The van der Waals surface area contributed by atoms with E-state index >= 15 is 0 Å². The van der Waals surface area contributed by atoms with E-state index in [9.17, 15) is 4.79 Å². The zero-order valence-corrected chi connectivity index (χ0v) is 10.3. The Balaban J connectivity index is 2.46. The Morgan fingerprint density at radius 3 is 2.88 bits per heavy atom. The van der Waals surface area contributed by atoms with Crippen LogP contribution in [0, 0.1) is 0 Å². The van der Waals surface area contributed by atoms with Crippen molar-refractivity contribution in [3.63, 3.8) is 0 Å². The number of hydrogen-bond donors (Lipinski definition) is 1. The molecule has 1 amide bonds. The van der Waals surface area contributed by atoms with E-state index in [1.807, 2.05) is 24.3 Å². The van der Waals surface area contributed by atoms with E-state index in [-0.39, 0.29) is 18.9 Å². The molecule has 1 N–H and O–H groups in total. The SMILES string of the molecule is COc1cccc(CCN(C)C(=O)CCO)c1. The maximum Gasteiger partial charge on any atom is 0.224 e. The Kier molecular flexibility index (Phi) is 5.49. The Morgan fingerprint density at radius 1 is 1.47 bits per heavy atom. The van der Waals surface area contributed by atoms with Gasteiger partial charge in [-0.2, -0.15) is 0 Å². The van der Waals surface area contributed by atoms with E-state index in [0.717, 1.165) is 17.7 Å². The zero-order chi connectivity index (χ0) is 12.7. The minimum Gasteiger partial charge on any atom is -0.497 e. The van der Waals surface area contributed by atoms with Crippen molar-refractivity contribution in [2.24, 2.45) is 0 Å². The molecule has 0 fully saturated rings. The van der Waals surface area contributed by atoms with Gasteiger partial charge in [-0.05, 0) is 24.1 Å². The largest absolute Gasteiger partial charge is 0.497 e. The smallest absolute Gasteiger partial charge is 0.224 e. The fraction of sp³-hybridized carbons (Fsp3) is 0.462. The van der Waals surface area contributed by atoms with Crippen molar-refractivity contribution in [1.29, 1.82) is 0 Å². The number of methoxy groups -OCH3 is 1. The van der Waals surface area contributed by atoms with Crippen LogP contribution in [0.3, 0.4) is 0 Å². The van der Waals surface area contributed by atoms with Crippen LogP contribution in [0.5, 0.6) is 5.75 Å². The van der Waals surface area contributed by atoms with Crippen LogP contribution in [0.1, 0.15) is 12.0 Å². The second-order valence-corrected chi connectivity index (χ2v) is 3.89. The average Bonchev–Trinajstić information content (AvgIpc) is 2.36. The van der Waals surface area contributed by atoms with Crippen molar-refractivity contribution in [3.05, 3.63) is 29.8 Å². The van der Waals surface area contributed by atoms with Gasteiger partial charge in [0, 0.05) is 20.0 Å². The quantitative estimate of drug-likeness (QED) is 0.805. The number of likely N-dealkylation sites (N-methyl/N-ethyl adjacent to an activating group) is 1. The average molecular weight is 237 g/mol. The standard InChI is InChI=1S/C13H19NO3/c1-14(13(16)7-9-15)8-6-11-4-3-5-12(10-11)17-2/h3-5,10,15H,6-9H2,1-2H3. The van der Waals surface area contributed by atoms with Crippen LogP contribution < -0.4 is 4.74 Å². The Hall–Kier alpha value is -1.55. The molecule has 1 aromatic rings. The third kappa shape index (κ3) is 4.44. The van der Waals surface area contributed by atoms with Crippen molar-refractivity contribution < 1.29 is 14.6 Å². The van der Waals surface area contributed by atoms with Crippen molar-refractivity contribution in [2.45, 2.75) is 12.8 Å². The first-order valence-corrected chi connectivity index (χ1v) is 5.65. The van der Waals surface area contributed by atoms with Crippen LogP contribution in [0.15, 0.2) is 24.3 Å². The van der Waals surface area contributed by atoms with Crippen LogP contribution in [0.2, 0.25) is 0 Å². The molecule has 4 nitrogen and oxygen atoms in total. The molecular formula is C13H19NO3. The van der Waals surface area contributed by atoms with Gasteiger partial charge in [0.25, 0.3) is 0 Å². The number of ether oxygens (including phenoxy) is 1. The molecular weight excluding hydrogens is 218 g/mol. The van der Waals surface area contributed by atoms with Crippen molar-refractivity contribution in [1.82, 2.24) is 4.90 Å². The lowest BCUT2D eigenvalue weighted by molar-refractivity contribution is -0.130. The van der Waals surface area contributed by atoms with Gasteiger partial charge in [0.05, 0.1) is 13.7 Å². The van der Waals surface area contributed by atoms with Gasteiger partial charge in [-0.25, -0.2) is 0 Å². The lowest BCUT2D eigenvalue weighted by atomic mass is 10.1. The van der Waals surface area contributed by atoms with E-state index in [1.165, 1.54) is 0 Å². The molecule has 0 aliphatic heterocycles. The Bertz CT molecular complexity index is 365. The molecule has 0 atom stereocenters. The number of aliphatic hydroxyl groups is 1. The first kappa shape index (κ1) is 13.5. The summed E-state index contributed by atoms with van der Waals surface area (Å²) in [6.07, 6.45) is 0.972. The predicted octanol–water partition coefficient (Wildman–Crippen LogP) is 1.08. The monoisotopic (exact) mass is 237 g/mol. The first-order valence-electron chi connectivity index (χ1n) is 5.65. The number of nitrogens with zero attached hydrogens (tertiary/aromatic N) is 1. The molecule has 0 unspecified atom stereocenters. The molecule has 0 saturated heterocycles. The van der Waals surface area contributed by atoms with Crippen LogP contribution in [0.25, 0.3) is 0 Å². The second-order valence-electron chi connectivity index (χ2n) is 3.89. The van der Waals surface area contributed by atoms with Crippen molar-refractivity contribution in [3.8, 4) is 5.75 Å². The van der Waals surface area contributed by atoms with Gasteiger partial charge in [-0.1, -0.05) is 12.1 Å². The molecule has 0 radical (unpaired) electrons. The number of aliphatic hydroxyl groups excluding tert-OH is 1. The maximum atomic E-state index is 11.4. The number of carbonyl (C=O) groups is 1. The molecule has 0 aliphatic carbocycles. The summed E-state index contributed by atoms with van der Waals surface area (Å²) in [5.41, 5.74) is 1.13. The van der Waals surface area contributed by atoms with E-state index in [2.05, 4.69) is 0 Å². The molecule has 4 heteroatoms. The van der Waals surface area contributed by atoms with E-state index in [0.29, 0.717) is 6.54 Å². The van der Waals surface area contributed by atoms with E-state index < -0.39 is 0 Å². The highest BCUT2D eigenvalue weighted by Crippen LogP contribution is 2.13. The molecule has 0 aliphatic rings. The number of carbonyl (C=O) groups excluding carboxylic acids is 1. The van der Waals surface area contributed by atoms with Gasteiger partial charge in [0.15, 0.2) is 0 Å². The van der Waals surface area contributed by atoms with E-state index in [1.54, 1.807) is 19.1 Å². The fourth-order valence-corrected chi connectivity index (χ4v) is 1.54. The van der Waals surface area contributed by atoms with Gasteiger partial charge in [-0.15, -0.1) is 0 Å². The molecule has 0 heterocycles. The summed E-state index contributed by atoms with van der Waals surface area (Å²) in [5, 5.41) is 8.68. The maximum absolute atomic E-state index is 11.4. The molecule has 1 aromatic carbocycles. The molecule has 0 saturated carbocycles. The Morgan fingerprint density at radius 2 is 2.24 bits per heavy atom. The van der Waals surface area contributed by atoms with Gasteiger partial charge >= 0.3 is 0 Å². The summed E-state index contributed by atoms with van der Waals surface area (Å²) in [6, 6.07) is 7.80. The summed E-state index contributed by atoms with van der Waals surface area (Å²) in [5.74, 6) is 0.794. The molecule has 94 valence electrons. The highest BCUT2D eigenvalue weighted by Gasteiger charge is 2.07. The summed E-state index contributed by atoms with van der Waals surface area (Å²) in [7, 11) is 3.38. The van der Waals surface area contributed by atoms with Crippen LogP contribution in [-0.2, 0) is 11.2 Å². The molecule has 1 rings (SSSR count). The minimum absolute atomic E-state index is 0.0320. The lowest BCUT2D eigenvalue weighted by Crippen LogP contribution is -2.29. The predicted molar refractivity (Wildman–Crippen MR) is 66.0 cm³/mol. The topological polar surface area (TPSA) is 49.8 Å². The van der Waals surface area contributed by atoms with Crippen molar-refractivity contribution in [2.75, 3.05) is 27.3 Å². The summed E-state index contributed by atoms with van der Waals surface area (Å²) in [4.78, 5) is 13.1. The number of amides is 1. The summed E-state index contributed by atoms with van der Waals surface area (Å²) in [6.45, 7) is 0.550. The molecule has 0 spiro atoms. The fourth-order valence-electron chi connectivity index (χ4n) is 1.54. The molecule has 17 heavy (non-hydrogen) atoms. The van der Waals surface area contributed by atoms with Crippen LogP contribution in [-0.4, -0.2) is 43.2 Å². The highest BCUT2D eigenvalue weighted by molar-refractivity contribution is 5.75. The van der Waals surface area contributed by atoms with Gasteiger partial charge < -0.3 is 14.7 Å². The zero-order valence-electron chi connectivity index (χ0n) is 10.3. The van der Waals surface area contributed by atoms with Gasteiger partial charge in [-0.3, -0.25) is 4.79 Å². The normalized spacial score (nSPS) is 10.1. The molecule has 0 aromatic heterocycles. The minimum atomic E-state index is -0.0949. The summed E-state index contributed by atoms with van der Waals surface area (Å²) < 4.78 is 5.13. The number of hydrogen-bond acceptors (Lipinski definition) is 3. The highest BCUT2D eigenvalue weighted by atomic mass is 16.5. The lowest BCUT2D eigenvalue weighted by Gasteiger charge is -2.16. The number of rotatable bonds is 6. The number of benzene rings is 1. The molecule has 0 bridgehead atoms. The van der Waals surface area contributed by atoms with Gasteiger partial charge in [0.1, 0.15) is 5.75 Å². The Labute approximate surface area is 102 Å². The third-order valence-electron chi connectivity index (χ3n) is 2.62.